The number of aldehydes is 1. The van der Waals surface area contributed by atoms with E-state index in [2.05, 4.69) is 6.58 Å². The highest BCUT2D eigenvalue weighted by molar-refractivity contribution is 5.89. The number of nitro groups is 1. The maximum atomic E-state index is 11.2. The molecule has 0 heterocycles. The molecule has 6 nitrogen and oxygen atoms in total. The third-order valence-electron chi connectivity index (χ3n) is 1.88. The van der Waals surface area contributed by atoms with Crippen LogP contribution in [-0.4, -0.2) is 17.2 Å². The van der Waals surface area contributed by atoms with Crippen molar-refractivity contribution in [3.8, 4) is 5.75 Å². The number of hydrogen-bond acceptors (Lipinski definition) is 5. The van der Waals surface area contributed by atoms with Gasteiger partial charge in [0.25, 0.3) is 5.69 Å². The molecule has 0 aliphatic carbocycles. The first-order valence-electron chi connectivity index (χ1n) is 4.57. The number of carbonyl (C=O) groups is 2. The monoisotopic (exact) mass is 235 g/mol. The van der Waals surface area contributed by atoms with Gasteiger partial charge in [-0.15, -0.1) is 0 Å². The van der Waals surface area contributed by atoms with Crippen LogP contribution in [0.5, 0.6) is 5.75 Å². The smallest absolute Gasteiger partial charge is 0.338 e. The largest absolute Gasteiger partial charge is 0.423 e. The van der Waals surface area contributed by atoms with Crippen LogP contribution in [0.4, 0.5) is 5.69 Å². The first-order chi connectivity index (χ1) is 7.95. The maximum absolute atomic E-state index is 11.2. The van der Waals surface area contributed by atoms with E-state index in [9.17, 15) is 19.7 Å². The molecule has 0 aliphatic rings. The Morgan fingerprint density at radius 2 is 2.18 bits per heavy atom. The average molecular weight is 235 g/mol. The fraction of sp³-hybridized carbons (Fsp3) is 0.0909. The first-order valence-corrected chi connectivity index (χ1v) is 4.57. The minimum Gasteiger partial charge on any atom is -0.423 e. The zero-order chi connectivity index (χ0) is 13.0. The van der Waals surface area contributed by atoms with Gasteiger partial charge in [-0.3, -0.25) is 14.9 Å². The quantitative estimate of drug-likeness (QED) is 0.198. The lowest BCUT2D eigenvalue weighted by molar-refractivity contribution is -0.385. The molecule has 17 heavy (non-hydrogen) atoms. The van der Waals surface area contributed by atoms with E-state index < -0.39 is 10.9 Å². The SMILES string of the molecule is C=C(C)C(=O)Oc1ccc([N+](=O)[O-])c(C=O)c1. The molecule has 0 aromatic heterocycles. The van der Waals surface area contributed by atoms with Gasteiger partial charge in [-0.1, -0.05) is 6.58 Å². The Hall–Kier alpha value is -2.50. The Morgan fingerprint density at radius 3 is 2.65 bits per heavy atom. The van der Waals surface area contributed by atoms with Crippen LogP contribution in [-0.2, 0) is 4.79 Å². The van der Waals surface area contributed by atoms with Gasteiger partial charge < -0.3 is 4.74 Å². The Morgan fingerprint density at radius 1 is 1.53 bits per heavy atom. The summed E-state index contributed by atoms with van der Waals surface area (Å²) >= 11 is 0. The van der Waals surface area contributed by atoms with Crippen molar-refractivity contribution < 1.29 is 19.2 Å². The molecule has 0 N–H and O–H groups in total. The molecule has 88 valence electrons. The zero-order valence-electron chi connectivity index (χ0n) is 9.00. The predicted molar refractivity (Wildman–Crippen MR) is 58.9 cm³/mol. The summed E-state index contributed by atoms with van der Waals surface area (Å²) in [4.78, 5) is 31.7. The van der Waals surface area contributed by atoms with Crippen molar-refractivity contribution in [1.82, 2.24) is 0 Å². The lowest BCUT2D eigenvalue weighted by atomic mass is 10.2. The molecule has 6 heteroatoms. The first kappa shape index (κ1) is 12.6. The van der Waals surface area contributed by atoms with Crippen molar-refractivity contribution in [2.24, 2.45) is 0 Å². The van der Waals surface area contributed by atoms with Crippen molar-refractivity contribution in [3.63, 3.8) is 0 Å². The van der Waals surface area contributed by atoms with Gasteiger partial charge in [0.1, 0.15) is 5.75 Å². The maximum Gasteiger partial charge on any atom is 0.338 e. The average Bonchev–Trinajstić information content (AvgIpc) is 2.28. The number of rotatable bonds is 4. The molecule has 0 fully saturated rings. The highest BCUT2D eigenvalue weighted by atomic mass is 16.6. The van der Waals surface area contributed by atoms with Crippen LogP contribution in [0.1, 0.15) is 17.3 Å². The fourth-order valence-electron chi connectivity index (χ4n) is 1.05. The van der Waals surface area contributed by atoms with Crippen molar-refractivity contribution in [2.45, 2.75) is 6.92 Å². The summed E-state index contributed by atoms with van der Waals surface area (Å²) in [7, 11) is 0. The molecule has 0 radical (unpaired) electrons. The van der Waals surface area contributed by atoms with Gasteiger partial charge >= 0.3 is 5.97 Å². The topological polar surface area (TPSA) is 86.5 Å². The van der Waals surface area contributed by atoms with Gasteiger partial charge in [-0.05, 0) is 19.1 Å². The summed E-state index contributed by atoms with van der Waals surface area (Å²) in [5.41, 5.74) is -0.298. The summed E-state index contributed by atoms with van der Waals surface area (Å²) < 4.78 is 4.83. The lowest BCUT2D eigenvalue weighted by Gasteiger charge is -2.04. The second-order valence-corrected chi connectivity index (χ2v) is 3.27. The van der Waals surface area contributed by atoms with E-state index in [1.165, 1.54) is 13.0 Å². The number of nitrogens with zero attached hydrogens (tertiary/aromatic N) is 1. The fourth-order valence-corrected chi connectivity index (χ4v) is 1.05. The van der Waals surface area contributed by atoms with E-state index in [-0.39, 0.29) is 22.6 Å². The van der Waals surface area contributed by atoms with E-state index in [1.54, 1.807) is 0 Å². The molecule has 1 aromatic carbocycles. The minimum absolute atomic E-state index is 0.0608. The number of hydrogen-bond donors (Lipinski definition) is 0. The molecule has 0 saturated heterocycles. The van der Waals surface area contributed by atoms with E-state index in [4.69, 9.17) is 4.74 Å². The number of esters is 1. The molecule has 0 bridgehead atoms. The van der Waals surface area contributed by atoms with Gasteiger partial charge in [0, 0.05) is 11.6 Å². The Labute approximate surface area is 96.7 Å². The number of benzene rings is 1. The van der Waals surface area contributed by atoms with E-state index in [1.807, 2.05) is 0 Å². The van der Waals surface area contributed by atoms with Crippen LogP contribution in [0.15, 0.2) is 30.4 Å². The van der Waals surface area contributed by atoms with Crippen molar-refractivity contribution >= 4 is 17.9 Å². The second kappa shape index (κ2) is 5.02. The molecule has 0 amide bonds. The molecule has 0 atom stereocenters. The molecule has 0 saturated carbocycles. The summed E-state index contributed by atoms with van der Waals surface area (Å²) in [6, 6.07) is 3.47. The van der Waals surface area contributed by atoms with Crippen molar-refractivity contribution in [3.05, 3.63) is 46.0 Å². The van der Waals surface area contributed by atoms with E-state index >= 15 is 0 Å². The highest BCUT2D eigenvalue weighted by Crippen LogP contribution is 2.23. The summed E-state index contributed by atoms with van der Waals surface area (Å²) in [6.07, 6.45) is 0.330. The number of nitro benzene ring substituents is 1. The van der Waals surface area contributed by atoms with Crippen molar-refractivity contribution in [1.29, 1.82) is 0 Å². The molecular formula is C11H9NO5. The van der Waals surface area contributed by atoms with E-state index in [0.29, 0.717) is 6.29 Å². The van der Waals surface area contributed by atoms with Crippen LogP contribution < -0.4 is 4.74 Å². The van der Waals surface area contributed by atoms with Gasteiger partial charge in [0.05, 0.1) is 10.5 Å². The third kappa shape index (κ3) is 2.97. The molecular weight excluding hydrogens is 226 g/mol. The van der Waals surface area contributed by atoms with Gasteiger partial charge in [-0.25, -0.2) is 4.79 Å². The normalized spacial score (nSPS) is 9.47. The van der Waals surface area contributed by atoms with Crippen LogP contribution >= 0.6 is 0 Å². The van der Waals surface area contributed by atoms with Gasteiger partial charge in [0.2, 0.25) is 0 Å². The number of ether oxygens (including phenoxy) is 1. The Bertz CT molecular complexity index is 507. The van der Waals surface area contributed by atoms with Crippen LogP contribution in [0, 0.1) is 10.1 Å². The molecule has 0 spiro atoms. The van der Waals surface area contributed by atoms with Crippen LogP contribution in [0.25, 0.3) is 0 Å². The minimum atomic E-state index is -0.686. The van der Waals surface area contributed by atoms with Gasteiger partial charge in [-0.2, -0.15) is 0 Å². The lowest BCUT2D eigenvalue weighted by Crippen LogP contribution is -2.08. The van der Waals surface area contributed by atoms with E-state index in [0.717, 1.165) is 12.1 Å². The van der Waals surface area contributed by atoms with Crippen LogP contribution in [0.2, 0.25) is 0 Å². The summed E-state index contributed by atoms with van der Waals surface area (Å²) in [6.45, 7) is 4.85. The molecule has 1 rings (SSSR count). The third-order valence-corrected chi connectivity index (χ3v) is 1.88. The summed E-state index contributed by atoms with van der Waals surface area (Å²) in [5.74, 6) is -0.596. The number of carbonyl (C=O) groups excluding carboxylic acids is 2. The molecule has 0 unspecified atom stereocenters. The van der Waals surface area contributed by atoms with Crippen LogP contribution in [0.3, 0.4) is 0 Å². The zero-order valence-corrected chi connectivity index (χ0v) is 9.00. The highest BCUT2D eigenvalue weighted by Gasteiger charge is 2.15. The summed E-state index contributed by atoms with van der Waals surface area (Å²) in [5, 5.41) is 10.5. The predicted octanol–water partition coefficient (Wildman–Crippen LogP) is 1.89. The van der Waals surface area contributed by atoms with Crippen molar-refractivity contribution in [2.75, 3.05) is 0 Å². The Kier molecular flexibility index (Phi) is 3.71. The standard InChI is InChI=1S/C11H9NO5/c1-7(2)11(14)17-9-3-4-10(12(15)16)8(5-9)6-13/h3-6H,1H2,2H3. The second-order valence-electron chi connectivity index (χ2n) is 3.27. The molecule has 0 aliphatic heterocycles. The Balaban J connectivity index is 3.06. The molecule has 1 aromatic rings. The van der Waals surface area contributed by atoms with Gasteiger partial charge in [0.15, 0.2) is 6.29 Å².